The van der Waals surface area contributed by atoms with Crippen LogP contribution in [0.15, 0.2) is 54.6 Å². The van der Waals surface area contributed by atoms with Crippen molar-refractivity contribution in [2.45, 2.75) is 19.6 Å². The standard InChI is InChI=1S/C23H22FN3O2S/c24-23-16(11-25)5-3-6-17(23)18-8-14(9-20(27)19(18)12-26)13-29-21-7-2-1-4-15(21)10-22(28)30/h1-9,12,26H,10-11,13,25,27H2,(H,28,30). The Morgan fingerprint density at radius 2 is 1.83 bits per heavy atom. The predicted octanol–water partition coefficient (Wildman–Crippen LogP) is 4.11. The number of carbonyl (C=O) groups excluding carboxylic acids is 1. The van der Waals surface area contributed by atoms with E-state index in [9.17, 15) is 9.18 Å². The number of nitrogen functional groups attached to an aromatic ring is 1. The van der Waals surface area contributed by atoms with Crippen LogP contribution in [0.5, 0.6) is 5.75 Å². The van der Waals surface area contributed by atoms with Crippen molar-refractivity contribution in [1.29, 1.82) is 5.41 Å². The lowest BCUT2D eigenvalue weighted by Gasteiger charge is -2.15. The summed E-state index contributed by atoms with van der Waals surface area (Å²) in [5.41, 5.74) is 15.2. The zero-order valence-corrected chi connectivity index (χ0v) is 17.1. The van der Waals surface area contributed by atoms with Gasteiger partial charge in [-0.15, -0.1) is 12.6 Å². The summed E-state index contributed by atoms with van der Waals surface area (Å²) >= 11 is 3.83. The molecular weight excluding hydrogens is 401 g/mol. The molecule has 3 aromatic rings. The van der Waals surface area contributed by atoms with E-state index in [0.29, 0.717) is 39.3 Å². The molecule has 0 saturated carbocycles. The average molecular weight is 424 g/mol. The van der Waals surface area contributed by atoms with Gasteiger partial charge in [0.25, 0.3) is 0 Å². The first-order valence-electron chi connectivity index (χ1n) is 9.27. The molecule has 0 radical (unpaired) electrons. The quantitative estimate of drug-likeness (QED) is 0.249. The van der Waals surface area contributed by atoms with Gasteiger partial charge in [0.05, 0.1) is 0 Å². The first-order valence-corrected chi connectivity index (χ1v) is 9.72. The molecule has 5 N–H and O–H groups in total. The highest BCUT2D eigenvalue weighted by Gasteiger charge is 2.16. The third-order valence-electron chi connectivity index (χ3n) is 4.71. The summed E-state index contributed by atoms with van der Waals surface area (Å²) in [6.45, 7) is 0.226. The zero-order valence-electron chi connectivity index (χ0n) is 16.2. The number of para-hydroxylation sites is 1. The van der Waals surface area contributed by atoms with Crippen LogP contribution in [0.4, 0.5) is 10.1 Å². The summed E-state index contributed by atoms with van der Waals surface area (Å²) in [6, 6.07) is 15.6. The topological polar surface area (TPSA) is 102 Å². The Kier molecular flexibility index (Phi) is 6.87. The number of thiol groups is 1. The van der Waals surface area contributed by atoms with Crippen molar-refractivity contribution in [2.75, 3.05) is 5.73 Å². The molecule has 0 aromatic heterocycles. The molecule has 0 unspecified atom stereocenters. The molecule has 7 heteroatoms. The van der Waals surface area contributed by atoms with Crippen LogP contribution in [0, 0.1) is 11.2 Å². The van der Waals surface area contributed by atoms with E-state index in [2.05, 4.69) is 12.6 Å². The van der Waals surface area contributed by atoms with Crippen LogP contribution in [0.3, 0.4) is 0 Å². The number of carbonyl (C=O) groups is 1. The second-order valence-corrected chi connectivity index (χ2v) is 7.24. The molecule has 154 valence electrons. The van der Waals surface area contributed by atoms with Crippen LogP contribution in [0.1, 0.15) is 22.3 Å². The lowest BCUT2D eigenvalue weighted by molar-refractivity contribution is -0.110. The van der Waals surface area contributed by atoms with E-state index in [1.54, 1.807) is 42.5 Å². The van der Waals surface area contributed by atoms with Crippen molar-refractivity contribution >= 4 is 29.6 Å². The molecule has 5 nitrogen and oxygen atoms in total. The molecule has 0 atom stereocenters. The Morgan fingerprint density at radius 3 is 2.53 bits per heavy atom. The van der Waals surface area contributed by atoms with E-state index in [4.69, 9.17) is 21.6 Å². The van der Waals surface area contributed by atoms with Crippen LogP contribution >= 0.6 is 12.6 Å². The van der Waals surface area contributed by atoms with Gasteiger partial charge in [0, 0.05) is 47.1 Å². The van der Waals surface area contributed by atoms with E-state index < -0.39 is 5.82 Å². The number of halogens is 1. The summed E-state index contributed by atoms with van der Waals surface area (Å²) in [5, 5.41) is 7.46. The van der Waals surface area contributed by atoms with Crippen molar-refractivity contribution < 1.29 is 13.9 Å². The van der Waals surface area contributed by atoms with Crippen molar-refractivity contribution in [2.24, 2.45) is 5.73 Å². The Balaban J connectivity index is 1.97. The Morgan fingerprint density at radius 1 is 1.10 bits per heavy atom. The van der Waals surface area contributed by atoms with E-state index in [1.165, 1.54) is 0 Å². The minimum atomic E-state index is -0.432. The zero-order chi connectivity index (χ0) is 21.7. The monoisotopic (exact) mass is 423 g/mol. The van der Waals surface area contributed by atoms with E-state index in [0.717, 1.165) is 11.8 Å². The summed E-state index contributed by atoms with van der Waals surface area (Å²) in [6.07, 6.45) is 1.26. The number of nitrogens with one attached hydrogen (secondary N) is 1. The van der Waals surface area contributed by atoms with Gasteiger partial charge in [-0.25, -0.2) is 4.39 Å². The van der Waals surface area contributed by atoms with Crippen LogP contribution in [0.25, 0.3) is 11.1 Å². The molecule has 0 heterocycles. The molecule has 0 saturated heterocycles. The van der Waals surface area contributed by atoms with Gasteiger partial charge in [-0.1, -0.05) is 36.4 Å². The Bertz CT molecular complexity index is 1100. The highest BCUT2D eigenvalue weighted by atomic mass is 32.1. The van der Waals surface area contributed by atoms with Gasteiger partial charge in [0.1, 0.15) is 18.2 Å². The maximum Gasteiger partial charge on any atom is 0.190 e. The van der Waals surface area contributed by atoms with Crippen LogP contribution in [-0.4, -0.2) is 11.3 Å². The first kappa shape index (κ1) is 21.5. The largest absolute Gasteiger partial charge is 0.489 e. The lowest BCUT2D eigenvalue weighted by atomic mass is 9.94. The molecule has 0 aliphatic rings. The van der Waals surface area contributed by atoms with Crippen LogP contribution in [0.2, 0.25) is 0 Å². The number of anilines is 1. The molecule has 0 amide bonds. The Labute approximate surface area is 179 Å². The van der Waals surface area contributed by atoms with Gasteiger partial charge in [0.15, 0.2) is 5.12 Å². The minimum Gasteiger partial charge on any atom is -0.489 e. The van der Waals surface area contributed by atoms with Crippen molar-refractivity contribution in [3.05, 3.63) is 82.7 Å². The third kappa shape index (κ3) is 4.69. The molecule has 0 aliphatic heterocycles. The molecule has 0 fully saturated rings. The van der Waals surface area contributed by atoms with Crippen molar-refractivity contribution in [3.63, 3.8) is 0 Å². The highest BCUT2D eigenvalue weighted by Crippen LogP contribution is 2.32. The number of rotatable bonds is 8. The molecule has 0 bridgehead atoms. The predicted molar refractivity (Wildman–Crippen MR) is 120 cm³/mol. The second-order valence-electron chi connectivity index (χ2n) is 6.74. The van der Waals surface area contributed by atoms with Crippen molar-refractivity contribution in [3.8, 4) is 16.9 Å². The number of hydrogen-bond acceptors (Lipinski definition) is 5. The van der Waals surface area contributed by atoms with Gasteiger partial charge in [-0.3, -0.25) is 4.79 Å². The Hall–Kier alpha value is -3.16. The number of benzene rings is 3. The first-order chi connectivity index (χ1) is 14.4. The molecule has 0 spiro atoms. The molecule has 0 aliphatic carbocycles. The van der Waals surface area contributed by atoms with E-state index in [-0.39, 0.29) is 24.7 Å². The summed E-state index contributed by atoms with van der Waals surface area (Å²) in [7, 11) is 0. The molecule has 30 heavy (non-hydrogen) atoms. The average Bonchev–Trinajstić information content (AvgIpc) is 2.72. The maximum absolute atomic E-state index is 14.9. The fourth-order valence-corrected chi connectivity index (χ4v) is 3.44. The highest BCUT2D eigenvalue weighted by molar-refractivity contribution is 7.96. The number of ether oxygens (including phenoxy) is 1. The number of nitrogens with two attached hydrogens (primary N) is 2. The summed E-state index contributed by atoms with van der Waals surface area (Å²) < 4.78 is 20.8. The maximum atomic E-state index is 14.9. The SMILES string of the molecule is N=Cc1c(N)cc(COc2ccccc2CC(=O)S)cc1-c1cccc(CN)c1F. The summed E-state index contributed by atoms with van der Waals surface area (Å²) in [4.78, 5) is 11.4. The lowest BCUT2D eigenvalue weighted by Crippen LogP contribution is -2.05. The van der Waals surface area contributed by atoms with Crippen LogP contribution in [-0.2, 0) is 24.4 Å². The van der Waals surface area contributed by atoms with Gasteiger partial charge in [-0.05, 0) is 29.3 Å². The fraction of sp³-hybridized carbons (Fsp3) is 0.130. The van der Waals surface area contributed by atoms with E-state index >= 15 is 0 Å². The van der Waals surface area contributed by atoms with Gasteiger partial charge >= 0.3 is 0 Å². The van der Waals surface area contributed by atoms with Gasteiger partial charge in [0.2, 0.25) is 0 Å². The minimum absolute atomic E-state index is 0.0680. The summed E-state index contributed by atoms with van der Waals surface area (Å²) in [5.74, 6) is 0.130. The fourth-order valence-electron chi connectivity index (χ4n) is 3.27. The van der Waals surface area contributed by atoms with Crippen LogP contribution < -0.4 is 16.2 Å². The molecular formula is C23H22FN3O2S. The third-order valence-corrected chi connectivity index (χ3v) is 4.87. The van der Waals surface area contributed by atoms with E-state index in [1.807, 2.05) is 12.1 Å². The number of hydrogen-bond donors (Lipinski definition) is 4. The van der Waals surface area contributed by atoms with Gasteiger partial charge < -0.3 is 21.6 Å². The smallest absolute Gasteiger partial charge is 0.190 e. The van der Waals surface area contributed by atoms with Gasteiger partial charge in [-0.2, -0.15) is 0 Å². The second kappa shape index (κ2) is 9.56. The molecule has 3 rings (SSSR count). The van der Waals surface area contributed by atoms with Crippen molar-refractivity contribution in [1.82, 2.24) is 0 Å². The normalized spacial score (nSPS) is 10.6. The molecule has 3 aromatic carbocycles.